The topological polar surface area (TPSA) is 21.3 Å². The van der Waals surface area contributed by atoms with E-state index in [4.69, 9.17) is 4.74 Å². The molecule has 1 aromatic carbocycles. The third-order valence-electron chi connectivity index (χ3n) is 2.41. The average molecular weight is 229 g/mol. The highest BCUT2D eigenvalue weighted by atomic mass is 19.2. The number of hydrogen-bond acceptors (Lipinski definition) is 2. The second-order valence-corrected chi connectivity index (χ2v) is 3.57. The third kappa shape index (κ3) is 3.54. The summed E-state index contributed by atoms with van der Waals surface area (Å²) in [6.07, 6.45) is 0.732. The van der Waals surface area contributed by atoms with Crippen LogP contribution >= 0.6 is 0 Å². The molecule has 0 saturated carbocycles. The summed E-state index contributed by atoms with van der Waals surface area (Å²) >= 11 is 0. The first-order chi connectivity index (χ1) is 7.69. The molecule has 1 unspecified atom stereocenters. The molecule has 0 radical (unpaired) electrons. The van der Waals surface area contributed by atoms with E-state index in [-0.39, 0.29) is 6.04 Å². The van der Waals surface area contributed by atoms with E-state index in [1.807, 2.05) is 6.92 Å². The Kier molecular flexibility index (Phi) is 5.35. The molecule has 0 spiro atoms. The Morgan fingerprint density at radius 3 is 2.62 bits per heavy atom. The first kappa shape index (κ1) is 13.1. The van der Waals surface area contributed by atoms with E-state index in [2.05, 4.69) is 5.32 Å². The highest BCUT2D eigenvalue weighted by Gasteiger charge is 2.12. The fourth-order valence-electron chi connectivity index (χ4n) is 1.60. The van der Waals surface area contributed by atoms with Crippen molar-refractivity contribution in [2.24, 2.45) is 0 Å². The lowest BCUT2D eigenvalue weighted by Crippen LogP contribution is -2.22. The standard InChI is InChI=1S/C12H17F2NO/c1-3-15-12(6-7-16-2)9-4-5-10(13)11(14)8-9/h4-5,8,12,15H,3,6-7H2,1-2H3. The van der Waals surface area contributed by atoms with E-state index in [0.29, 0.717) is 6.61 Å². The van der Waals surface area contributed by atoms with Crippen LogP contribution in [-0.2, 0) is 4.74 Å². The van der Waals surface area contributed by atoms with Gasteiger partial charge in [0.15, 0.2) is 11.6 Å². The molecular weight excluding hydrogens is 212 g/mol. The quantitative estimate of drug-likeness (QED) is 0.809. The van der Waals surface area contributed by atoms with Crippen LogP contribution in [0.3, 0.4) is 0 Å². The van der Waals surface area contributed by atoms with Crippen molar-refractivity contribution >= 4 is 0 Å². The average Bonchev–Trinajstić information content (AvgIpc) is 2.28. The van der Waals surface area contributed by atoms with Crippen LogP contribution in [0.5, 0.6) is 0 Å². The van der Waals surface area contributed by atoms with Gasteiger partial charge in [0.05, 0.1) is 0 Å². The van der Waals surface area contributed by atoms with Gasteiger partial charge in [-0.15, -0.1) is 0 Å². The van der Waals surface area contributed by atoms with Crippen molar-refractivity contribution in [2.75, 3.05) is 20.3 Å². The molecule has 2 nitrogen and oxygen atoms in total. The molecule has 16 heavy (non-hydrogen) atoms. The summed E-state index contributed by atoms with van der Waals surface area (Å²) in [6.45, 7) is 3.32. The third-order valence-corrected chi connectivity index (χ3v) is 2.41. The first-order valence-electron chi connectivity index (χ1n) is 5.36. The van der Waals surface area contributed by atoms with Crippen LogP contribution in [-0.4, -0.2) is 20.3 Å². The molecular formula is C12H17F2NO. The second kappa shape index (κ2) is 6.55. The van der Waals surface area contributed by atoms with Crippen LogP contribution in [0.4, 0.5) is 8.78 Å². The van der Waals surface area contributed by atoms with Gasteiger partial charge in [-0.3, -0.25) is 0 Å². The summed E-state index contributed by atoms with van der Waals surface area (Å²) in [4.78, 5) is 0. The van der Waals surface area contributed by atoms with Crippen molar-refractivity contribution in [3.05, 3.63) is 35.4 Å². The Morgan fingerprint density at radius 2 is 2.06 bits per heavy atom. The maximum atomic E-state index is 13.1. The lowest BCUT2D eigenvalue weighted by Gasteiger charge is -2.18. The molecule has 0 bridgehead atoms. The number of methoxy groups -OCH3 is 1. The lowest BCUT2D eigenvalue weighted by molar-refractivity contribution is 0.183. The van der Waals surface area contributed by atoms with E-state index < -0.39 is 11.6 Å². The Labute approximate surface area is 94.6 Å². The van der Waals surface area contributed by atoms with Crippen molar-refractivity contribution in [1.29, 1.82) is 0 Å². The van der Waals surface area contributed by atoms with Gasteiger partial charge in [0.2, 0.25) is 0 Å². The van der Waals surface area contributed by atoms with Crippen molar-refractivity contribution in [3.63, 3.8) is 0 Å². The monoisotopic (exact) mass is 229 g/mol. The van der Waals surface area contributed by atoms with Gasteiger partial charge in [0.1, 0.15) is 0 Å². The second-order valence-electron chi connectivity index (χ2n) is 3.57. The van der Waals surface area contributed by atoms with Crippen molar-refractivity contribution in [2.45, 2.75) is 19.4 Å². The maximum absolute atomic E-state index is 13.1. The van der Waals surface area contributed by atoms with E-state index >= 15 is 0 Å². The molecule has 0 aliphatic heterocycles. The maximum Gasteiger partial charge on any atom is 0.159 e. The normalized spacial score (nSPS) is 12.8. The number of rotatable bonds is 6. The summed E-state index contributed by atoms with van der Waals surface area (Å²) in [5.41, 5.74) is 0.748. The van der Waals surface area contributed by atoms with Gasteiger partial charge in [-0.1, -0.05) is 13.0 Å². The summed E-state index contributed by atoms with van der Waals surface area (Å²) in [6, 6.07) is 3.99. The highest BCUT2D eigenvalue weighted by Crippen LogP contribution is 2.19. The molecule has 1 rings (SSSR count). The number of halogens is 2. The van der Waals surface area contributed by atoms with Crippen molar-refractivity contribution in [1.82, 2.24) is 5.32 Å². The Bertz CT molecular complexity index is 331. The fourth-order valence-corrected chi connectivity index (χ4v) is 1.60. The van der Waals surface area contributed by atoms with Gasteiger partial charge >= 0.3 is 0 Å². The zero-order valence-corrected chi connectivity index (χ0v) is 9.59. The van der Waals surface area contributed by atoms with Crippen molar-refractivity contribution < 1.29 is 13.5 Å². The minimum absolute atomic E-state index is 0.0000463. The zero-order chi connectivity index (χ0) is 12.0. The first-order valence-corrected chi connectivity index (χ1v) is 5.36. The summed E-state index contributed by atoms with van der Waals surface area (Å²) in [5, 5.41) is 3.21. The molecule has 0 saturated heterocycles. The van der Waals surface area contributed by atoms with Crippen LogP contribution in [0, 0.1) is 11.6 Å². The largest absolute Gasteiger partial charge is 0.385 e. The molecule has 4 heteroatoms. The minimum atomic E-state index is -0.814. The van der Waals surface area contributed by atoms with E-state index in [1.165, 1.54) is 6.07 Å². The van der Waals surface area contributed by atoms with Crippen molar-refractivity contribution in [3.8, 4) is 0 Å². The highest BCUT2D eigenvalue weighted by molar-refractivity contribution is 5.21. The van der Waals surface area contributed by atoms with E-state index in [9.17, 15) is 8.78 Å². The summed E-state index contributed by atoms with van der Waals surface area (Å²) < 4.78 is 30.8. The number of nitrogens with one attached hydrogen (secondary N) is 1. The molecule has 1 N–H and O–H groups in total. The molecule has 0 aliphatic carbocycles. The summed E-state index contributed by atoms with van der Waals surface area (Å²) in [7, 11) is 1.62. The number of hydrogen-bond donors (Lipinski definition) is 1. The molecule has 0 fully saturated rings. The molecule has 90 valence electrons. The van der Waals surface area contributed by atoms with E-state index in [0.717, 1.165) is 24.6 Å². The fraction of sp³-hybridized carbons (Fsp3) is 0.500. The zero-order valence-electron chi connectivity index (χ0n) is 9.59. The molecule has 0 heterocycles. The van der Waals surface area contributed by atoms with Gasteiger partial charge in [0.25, 0.3) is 0 Å². The van der Waals surface area contributed by atoms with Gasteiger partial charge in [-0.05, 0) is 30.7 Å². The van der Waals surface area contributed by atoms with E-state index in [1.54, 1.807) is 13.2 Å². The lowest BCUT2D eigenvalue weighted by atomic mass is 10.0. The predicted molar refractivity (Wildman–Crippen MR) is 59.3 cm³/mol. The smallest absolute Gasteiger partial charge is 0.159 e. The van der Waals surface area contributed by atoms with Gasteiger partial charge in [-0.2, -0.15) is 0 Å². The molecule has 0 aromatic heterocycles. The Hall–Kier alpha value is -1.00. The van der Waals surface area contributed by atoms with Gasteiger partial charge in [0, 0.05) is 19.8 Å². The number of benzene rings is 1. The van der Waals surface area contributed by atoms with Crippen LogP contribution in [0.1, 0.15) is 24.9 Å². The van der Waals surface area contributed by atoms with Crippen LogP contribution in [0.15, 0.2) is 18.2 Å². The Balaban J connectivity index is 2.78. The van der Waals surface area contributed by atoms with Gasteiger partial charge in [-0.25, -0.2) is 8.78 Å². The van der Waals surface area contributed by atoms with Crippen LogP contribution < -0.4 is 5.32 Å². The van der Waals surface area contributed by atoms with Crippen LogP contribution in [0.2, 0.25) is 0 Å². The predicted octanol–water partition coefficient (Wildman–Crippen LogP) is 2.65. The molecule has 0 amide bonds. The Morgan fingerprint density at radius 1 is 1.31 bits per heavy atom. The molecule has 0 aliphatic rings. The summed E-state index contributed by atoms with van der Waals surface area (Å²) in [5.74, 6) is -1.62. The number of ether oxygens (including phenoxy) is 1. The molecule has 1 aromatic rings. The van der Waals surface area contributed by atoms with Gasteiger partial charge < -0.3 is 10.1 Å². The minimum Gasteiger partial charge on any atom is -0.385 e. The SMILES string of the molecule is CCNC(CCOC)c1ccc(F)c(F)c1. The van der Waals surface area contributed by atoms with Crippen LogP contribution in [0.25, 0.3) is 0 Å². The molecule has 1 atom stereocenters.